The number of nitrogens with one attached hydrogen (secondary N) is 2. The second-order valence-electron chi connectivity index (χ2n) is 10.6. The van der Waals surface area contributed by atoms with Gasteiger partial charge in [-0.2, -0.15) is 5.10 Å². The van der Waals surface area contributed by atoms with Crippen molar-refractivity contribution in [1.82, 2.24) is 25.1 Å². The molecule has 0 unspecified atom stereocenters. The van der Waals surface area contributed by atoms with Crippen LogP contribution in [0.2, 0.25) is 0 Å². The third kappa shape index (κ3) is 5.78. The summed E-state index contributed by atoms with van der Waals surface area (Å²) in [7, 11) is 0. The summed E-state index contributed by atoms with van der Waals surface area (Å²) < 4.78 is 27.1. The number of piperidine rings is 2. The van der Waals surface area contributed by atoms with Gasteiger partial charge in [-0.1, -0.05) is 12.6 Å². The summed E-state index contributed by atoms with van der Waals surface area (Å²) in [5.74, 6) is -1.53. The molecule has 9 heteroatoms. The lowest BCUT2D eigenvalue weighted by Gasteiger charge is -2.31. The lowest BCUT2D eigenvalue weighted by atomic mass is 10.0. The van der Waals surface area contributed by atoms with Crippen molar-refractivity contribution >= 4 is 28.1 Å². The summed E-state index contributed by atoms with van der Waals surface area (Å²) in [6.45, 7) is 7.77. The number of anilines is 2. The zero-order chi connectivity index (χ0) is 26.8. The molecule has 0 radical (unpaired) electrons. The van der Waals surface area contributed by atoms with E-state index in [1.54, 1.807) is 0 Å². The highest BCUT2D eigenvalue weighted by Crippen LogP contribution is 2.31. The van der Waals surface area contributed by atoms with Crippen molar-refractivity contribution in [2.24, 2.45) is 0 Å². The first-order valence-corrected chi connectivity index (χ1v) is 13.6. The first kappa shape index (κ1) is 25.4. The molecule has 0 aliphatic carbocycles. The Hall–Kier alpha value is -3.85. The molecule has 1 aromatic carbocycles. The highest BCUT2D eigenvalue weighted by Gasteiger charge is 2.33. The molecule has 0 amide bonds. The van der Waals surface area contributed by atoms with Gasteiger partial charge in [0.15, 0.2) is 0 Å². The molecule has 0 saturated carbocycles. The summed E-state index contributed by atoms with van der Waals surface area (Å²) in [6.07, 6.45) is 9.04. The van der Waals surface area contributed by atoms with E-state index >= 15 is 0 Å². The Balaban J connectivity index is 1.17. The highest BCUT2D eigenvalue weighted by molar-refractivity contribution is 5.95. The van der Waals surface area contributed by atoms with Gasteiger partial charge < -0.3 is 10.2 Å². The monoisotopic (exact) mass is 529 g/mol. The van der Waals surface area contributed by atoms with Gasteiger partial charge in [0.1, 0.15) is 11.5 Å². The summed E-state index contributed by atoms with van der Waals surface area (Å²) in [5.41, 5.74) is 6.18. The predicted octanol–water partition coefficient (Wildman–Crippen LogP) is 6.32. The number of nitrogens with zero attached hydrogens (tertiary/aromatic N) is 5. The van der Waals surface area contributed by atoms with Crippen LogP contribution >= 0.6 is 0 Å². The van der Waals surface area contributed by atoms with Crippen LogP contribution in [0.3, 0.4) is 0 Å². The van der Waals surface area contributed by atoms with Gasteiger partial charge in [0.25, 0.3) is 5.92 Å². The van der Waals surface area contributed by atoms with E-state index in [0.29, 0.717) is 25.3 Å². The third-order valence-corrected chi connectivity index (χ3v) is 7.69. The zero-order valence-electron chi connectivity index (χ0n) is 22.0. The van der Waals surface area contributed by atoms with Crippen molar-refractivity contribution in [3.8, 4) is 11.1 Å². The molecule has 4 aromatic rings. The van der Waals surface area contributed by atoms with Crippen LogP contribution in [0.15, 0.2) is 61.6 Å². The average molecular weight is 530 g/mol. The van der Waals surface area contributed by atoms with Gasteiger partial charge in [0.2, 0.25) is 0 Å². The van der Waals surface area contributed by atoms with Crippen LogP contribution in [-0.4, -0.2) is 57.2 Å². The predicted molar refractivity (Wildman–Crippen MR) is 152 cm³/mol. The van der Waals surface area contributed by atoms with E-state index in [2.05, 4.69) is 60.1 Å². The number of halogens is 2. The molecule has 0 bridgehead atoms. The van der Waals surface area contributed by atoms with E-state index in [1.165, 1.54) is 19.3 Å². The highest BCUT2D eigenvalue weighted by atomic mass is 19.3. The Labute approximate surface area is 227 Å². The molecular weight excluding hydrogens is 496 g/mol. The van der Waals surface area contributed by atoms with Gasteiger partial charge in [0, 0.05) is 68.9 Å². The number of aromatic nitrogens is 4. The molecule has 5 heterocycles. The van der Waals surface area contributed by atoms with E-state index in [1.807, 2.05) is 36.8 Å². The topological polar surface area (TPSA) is 73.0 Å². The summed E-state index contributed by atoms with van der Waals surface area (Å²) in [6, 6.07) is 12.3. The first-order valence-electron chi connectivity index (χ1n) is 13.6. The number of hydrogen-bond acceptors (Lipinski definition) is 6. The molecule has 0 spiro atoms. The minimum atomic E-state index is -2.54. The van der Waals surface area contributed by atoms with Crippen LogP contribution in [0.25, 0.3) is 27.7 Å². The molecule has 202 valence electrons. The van der Waals surface area contributed by atoms with Gasteiger partial charge in [-0.05, 0) is 60.7 Å². The molecule has 2 fully saturated rings. The Kier molecular flexibility index (Phi) is 6.99. The minimum Gasteiger partial charge on any atom is -0.357 e. The fraction of sp³-hybridized carbons (Fsp3) is 0.367. The van der Waals surface area contributed by atoms with Crippen LogP contribution in [0.4, 0.5) is 20.3 Å². The Morgan fingerprint density at radius 1 is 0.949 bits per heavy atom. The van der Waals surface area contributed by atoms with Crippen molar-refractivity contribution in [3.63, 3.8) is 0 Å². The van der Waals surface area contributed by atoms with Crippen LogP contribution < -0.4 is 10.2 Å². The molecular formula is C30H33F2N7. The SMILES string of the molecule is C=C(Nc1ccc(N2CCCCC2)nc1)c1n[nH]c2ccc(-c3cncc(CN4CCC(F)(F)CC4)c3)cc12. The fourth-order valence-electron chi connectivity index (χ4n) is 5.46. The van der Waals surface area contributed by atoms with E-state index in [9.17, 15) is 8.78 Å². The number of fused-ring (bicyclic) bond motifs is 1. The largest absolute Gasteiger partial charge is 0.357 e. The molecule has 2 aliphatic heterocycles. The normalized spacial score (nSPS) is 17.8. The molecule has 2 N–H and O–H groups in total. The van der Waals surface area contributed by atoms with Crippen LogP contribution in [0.1, 0.15) is 43.4 Å². The summed E-state index contributed by atoms with van der Waals surface area (Å²) in [4.78, 5) is 13.5. The number of H-pyrrole nitrogens is 1. The first-order chi connectivity index (χ1) is 18.9. The number of benzene rings is 1. The molecule has 3 aromatic heterocycles. The van der Waals surface area contributed by atoms with Gasteiger partial charge in [-0.15, -0.1) is 0 Å². The van der Waals surface area contributed by atoms with Crippen LogP contribution in [0.5, 0.6) is 0 Å². The Morgan fingerprint density at radius 2 is 1.77 bits per heavy atom. The van der Waals surface area contributed by atoms with Crippen molar-refractivity contribution in [1.29, 1.82) is 0 Å². The third-order valence-electron chi connectivity index (χ3n) is 7.69. The minimum absolute atomic E-state index is 0.0867. The van der Waals surface area contributed by atoms with Crippen molar-refractivity contribution in [2.45, 2.75) is 44.6 Å². The average Bonchev–Trinajstić information content (AvgIpc) is 3.39. The molecule has 2 saturated heterocycles. The maximum Gasteiger partial charge on any atom is 0.250 e. The Morgan fingerprint density at radius 3 is 2.54 bits per heavy atom. The smallest absolute Gasteiger partial charge is 0.250 e. The lowest BCUT2D eigenvalue weighted by molar-refractivity contribution is -0.0566. The van der Waals surface area contributed by atoms with Gasteiger partial charge in [-0.3, -0.25) is 15.0 Å². The number of aromatic amines is 1. The quantitative estimate of drug-likeness (QED) is 0.292. The van der Waals surface area contributed by atoms with Crippen molar-refractivity contribution < 1.29 is 8.78 Å². The molecule has 2 aliphatic rings. The van der Waals surface area contributed by atoms with Crippen molar-refractivity contribution in [2.75, 3.05) is 36.4 Å². The van der Waals surface area contributed by atoms with E-state index < -0.39 is 5.92 Å². The van der Waals surface area contributed by atoms with E-state index in [0.717, 1.165) is 57.9 Å². The number of hydrogen-bond donors (Lipinski definition) is 2. The number of rotatable bonds is 7. The van der Waals surface area contributed by atoms with E-state index in [-0.39, 0.29) is 12.8 Å². The second kappa shape index (κ2) is 10.7. The Bertz CT molecular complexity index is 1450. The van der Waals surface area contributed by atoms with Crippen LogP contribution in [0, 0.1) is 0 Å². The standard InChI is InChI=1S/C30H33F2N7/c1-21(35-25-6-8-28(34-19-25)39-11-3-2-4-12-39)29-26-16-23(5-7-27(26)36-37-29)24-15-22(17-33-18-24)20-38-13-9-30(31,32)10-14-38/h5-8,15-19,35H,1-4,9-14,20H2,(H,36,37). The molecule has 7 nitrogen and oxygen atoms in total. The lowest BCUT2D eigenvalue weighted by Crippen LogP contribution is -2.38. The van der Waals surface area contributed by atoms with Gasteiger partial charge in [0.05, 0.1) is 23.1 Å². The summed E-state index contributed by atoms with van der Waals surface area (Å²) >= 11 is 0. The molecule has 6 rings (SSSR count). The van der Waals surface area contributed by atoms with E-state index in [4.69, 9.17) is 0 Å². The van der Waals surface area contributed by atoms with Crippen molar-refractivity contribution in [3.05, 3.63) is 72.8 Å². The van der Waals surface area contributed by atoms with Gasteiger partial charge >= 0.3 is 0 Å². The number of pyridine rings is 2. The molecule has 0 atom stereocenters. The second-order valence-corrected chi connectivity index (χ2v) is 10.6. The number of alkyl halides is 2. The number of likely N-dealkylation sites (tertiary alicyclic amines) is 1. The fourth-order valence-corrected chi connectivity index (χ4v) is 5.46. The maximum atomic E-state index is 13.5. The maximum absolute atomic E-state index is 13.5. The zero-order valence-corrected chi connectivity index (χ0v) is 22.0. The van der Waals surface area contributed by atoms with Crippen LogP contribution in [-0.2, 0) is 6.54 Å². The van der Waals surface area contributed by atoms with Gasteiger partial charge in [-0.25, -0.2) is 13.8 Å². The summed E-state index contributed by atoms with van der Waals surface area (Å²) in [5, 5.41) is 11.9. The molecule has 39 heavy (non-hydrogen) atoms.